The molecule has 0 bridgehead atoms. The average Bonchev–Trinajstić information content (AvgIpc) is 2.76. The van der Waals surface area contributed by atoms with E-state index in [-0.39, 0.29) is 12.2 Å². The van der Waals surface area contributed by atoms with E-state index in [1.54, 1.807) is 0 Å². The van der Waals surface area contributed by atoms with Gasteiger partial charge in [-0.15, -0.1) is 0 Å². The van der Waals surface area contributed by atoms with Gasteiger partial charge < -0.3 is 14.2 Å². The molecule has 1 fully saturated rings. The third-order valence-electron chi connectivity index (χ3n) is 1.99. The molecule has 1 rings (SSSR count). The van der Waals surface area contributed by atoms with Crippen LogP contribution in [-0.2, 0) is 14.2 Å². The van der Waals surface area contributed by atoms with Crippen LogP contribution in [0.1, 0.15) is 20.8 Å². The quantitative estimate of drug-likeness (QED) is 0.567. The summed E-state index contributed by atoms with van der Waals surface area (Å²) in [6.45, 7) is 8.16. The summed E-state index contributed by atoms with van der Waals surface area (Å²) >= 11 is 0. The standard InChI is InChI=1S/C9H18O3/c1-4-10-6-8(11-5-2)9-7(3)12-9/h7-9H,4-6H2,1-3H3. The summed E-state index contributed by atoms with van der Waals surface area (Å²) in [7, 11) is 0. The Morgan fingerprint density at radius 3 is 2.42 bits per heavy atom. The molecule has 72 valence electrons. The van der Waals surface area contributed by atoms with Crippen molar-refractivity contribution in [3.8, 4) is 0 Å². The van der Waals surface area contributed by atoms with Crippen LogP contribution in [0.4, 0.5) is 0 Å². The zero-order valence-electron chi connectivity index (χ0n) is 8.08. The molecule has 3 nitrogen and oxygen atoms in total. The van der Waals surface area contributed by atoms with Crippen LogP contribution in [0.5, 0.6) is 0 Å². The molecule has 0 saturated carbocycles. The molecule has 1 saturated heterocycles. The van der Waals surface area contributed by atoms with Gasteiger partial charge in [0.2, 0.25) is 0 Å². The lowest BCUT2D eigenvalue weighted by molar-refractivity contribution is -0.0219. The smallest absolute Gasteiger partial charge is 0.112 e. The van der Waals surface area contributed by atoms with Crippen molar-refractivity contribution in [2.24, 2.45) is 0 Å². The SMILES string of the molecule is CCOCC(OCC)C1OC1C. The van der Waals surface area contributed by atoms with Gasteiger partial charge in [-0.25, -0.2) is 0 Å². The third-order valence-corrected chi connectivity index (χ3v) is 1.99. The molecule has 0 aromatic heterocycles. The lowest BCUT2D eigenvalue weighted by atomic mass is 10.2. The molecule has 0 spiro atoms. The first kappa shape index (κ1) is 9.96. The molecule has 0 aromatic rings. The second-order valence-electron chi connectivity index (χ2n) is 2.96. The molecule has 3 unspecified atom stereocenters. The average molecular weight is 174 g/mol. The molecule has 0 radical (unpaired) electrons. The highest BCUT2D eigenvalue weighted by atomic mass is 16.6. The largest absolute Gasteiger partial charge is 0.379 e. The molecule has 0 aliphatic carbocycles. The Hall–Kier alpha value is -0.120. The lowest BCUT2D eigenvalue weighted by Gasteiger charge is -2.13. The topological polar surface area (TPSA) is 31.0 Å². The highest BCUT2D eigenvalue weighted by Gasteiger charge is 2.41. The van der Waals surface area contributed by atoms with E-state index in [0.717, 1.165) is 13.2 Å². The van der Waals surface area contributed by atoms with Gasteiger partial charge in [0.15, 0.2) is 0 Å². The van der Waals surface area contributed by atoms with Crippen molar-refractivity contribution >= 4 is 0 Å². The zero-order chi connectivity index (χ0) is 8.97. The lowest BCUT2D eigenvalue weighted by Crippen LogP contribution is -2.27. The zero-order valence-corrected chi connectivity index (χ0v) is 8.08. The van der Waals surface area contributed by atoms with Gasteiger partial charge in [0, 0.05) is 13.2 Å². The van der Waals surface area contributed by atoms with E-state index in [0.29, 0.717) is 12.7 Å². The molecular formula is C9H18O3. The number of rotatable bonds is 6. The van der Waals surface area contributed by atoms with Crippen LogP contribution in [0.15, 0.2) is 0 Å². The highest BCUT2D eigenvalue weighted by molar-refractivity contribution is 4.88. The van der Waals surface area contributed by atoms with Crippen molar-refractivity contribution < 1.29 is 14.2 Å². The van der Waals surface area contributed by atoms with Crippen LogP contribution in [0.25, 0.3) is 0 Å². The van der Waals surface area contributed by atoms with Gasteiger partial charge in [-0.3, -0.25) is 0 Å². The third kappa shape index (κ3) is 2.73. The van der Waals surface area contributed by atoms with Crippen LogP contribution in [-0.4, -0.2) is 38.1 Å². The Bertz CT molecular complexity index is 127. The summed E-state index contributed by atoms with van der Waals surface area (Å²) in [5.74, 6) is 0. The number of hydrogen-bond donors (Lipinski definition) is 0. The molecule has 1 heterocycles. The molecule has 1 aliphatic rings. The summed E-state index contributed by atoms with van der Waals surface area (Å²) < 4.78 is 16.1. The fourth-order valence-corrected chi connectivity index (χ4v) is 1.28. The number of epoxide rings is 1. The molecule has 12 heavy (non-hydrogen) atoms. The van der Waals surface area contributed by atoms with Crippen LogP contribution in [0.2, 0.25) is 0 Å². The normalized spacial score (nSPS) is 30.2. The number of ether oxygens (including phenoxy) is 3. The van der Waals surface area contributed by atoms with Crippen molar-refractivity contribution in [2.45, 2.75) is 39.1 Å². The van der Waals surface area contributed by atoms with Gasteiger partial charge in [0.25, 0.3) is 0 Å². The van der Waals surface area contributed by atoms with Gasteiger partial charge in [0.1, 0.15) is 12.2 Å². The molecule has 0 amide bonds. The summed E-state index contributed by atoms with van der Waals surface area (Å²) in [5, 5.41) is 0. The molecule has 3 atom stereocenters. The predicted octanol–water partition coefficient (Wildman–Crippen LogP) is 1.22. The highest BCUT2D eigenvalue weighted by Crippen LogP contribution is 2.26. The molecule has 1 aliphatic heterocycles. The Kier molecular flexibility index (Phi) is 3.98. The minimum Gasteiger partial charge on any atom is -0.379 e. The van der Waals surface area contributed by atoms with Gasteiger partial charge in [-0.1, -0.05) is 0 Å². The van der Waals surface area contributed by atoms with Crippen molar-refractivity contribution in [3.63, 3.8) is 0 Å². The molecule has 3 heteroatoms. The van der Waals surface area contributed by atoms with Crippen molar-refractivity contribution in [2.75, 3.05) is 19.8 Å². The first-order chi connectivity index (χ1) is 5.79. The first-order valence-corrected chi connectivity index (χ1v) is 4.64. The van der Waals surface area contributed by atoms with Crippen molar-refractivity contribution in [1.82, 2.24) is 0 Å². The summed E-state index contributed by atoms with van der Waals surface area (Å²) in [6, 6.07) is 0. The summed E-state index contributed by atoms with van der Waals surface area (Å²) in [4.78, 5) is 0. The second-order valence-corrected chi connectivity index (χ2v) is 2.96. The minimum absolute atomic E-state index is 0.130. The molecule has 0 N–H and O–H groups in total. The summed E-state index contributed by atoms with van der Waals surface area (Å²) in [5.41, 5.74) is 0. The predicted molar refractivity (Wildman–Crippen MR) is 46.2 cm³/mol. The monoisotopic (exact) mass is 174 g/mol. The van der Waals surface area contributed by atoms with Crippen LogP contribution >= 0.6 is 0 Å². The maximum absolute atomic E-state index is 5.49. The minimum atomic E-state index is 0.130. The van der Waals surface area contributed by atoms with E-state index < -0.39 is 0 Å². The van der Waals surface area contributed by atoms with E-state index in [1.165, 1.54) is 0 Å². The maximum atomic E-state index is 5.49. The van der Waals surface area contributed by atoms with E-state index in [4.69, 9.17) is 14.2 Å². The van der Waals surface area contributed by atoms with Crippen LogP contribution < -0.4 is 0 Å². The first-order valence-electron chi connectivity index (χ1n) is 4.64. The van der Waals surface area contributed by atoms with Gasteiger partial charge in [-0.2, -0.15) is 0 Å². The Balaban J connectivity index is 2.19. The van der Waals surface area contributed by atoms with Crippen molar-refractivity contribution in [1.29, 1.82) is 0 Å². The van der Waals surface area contributed by atoms with Gasteiger partial charge in [-0.05, 0) is 20.8 Å². The fourth-order valence-electron chi connectivity index (χ4n) is 1.28. The van der Waals surface area contributed by atoms with E-state index in [1.807, 2.05) is 13.8 Å². The summed E-state index contributed by atoms with van der Waals surface area (Å²) in [6.07, 6.45) is 0.739. The van der Waals surface area contributed by atoms with Crippen LogP contribution in [0, 0.1) is 0 Å². The fraction of sp³-hybridized carbons (Fsp3) is 1.00. The van der Waals surface area contributed by atoms with E-state index in [2.05, 4.69) is 6.92 Å². The molecular weight excluding hydrogens is 156 g/mol. The van der Waals surface area contributed by atoms with E-state index >= 15 is 0 Å². The molecule has 0 aromatic carbocycles. The Labute approximate surface area is 74.0 Å². The van der Waals surface area contributed by atoms with Gasteiger partial charge in [0.05, 0.1) is 12.7 Å². The Morgan fingerprint density at radius 1 is 1.33 bits per heavy atom. The van der Waals surface area contributed by atoms with E-state index in [9.17, 15) is 0 Å². The van der Waals surface area contributed by atoms with Gasteiger partial charge >= 0.3 is 0 Å². The van der Waals surface area contributed by atoms with Crippen LogP contribution in [0.3, 0.4) is 0 Å². The van der Waals surface area contributed by atoms with Crippen molar-refractivity contribution in [3.05, 3.63) is 0 Å². The Morgan fingerprint density at radius 2 is 2.00 bits per heavy atom. The maximum Gasteiger partial charge on any atom is 0.112 e. The second kappa shape index (κ2) is 4.80. The number of hydrogen-bond acceptors (Lipinski definition) is 3.